The van der Waals surface area contributed by atoms with E-state index >= 15 is 0 Å². The first kappa shape index (κ1) is 12.1. The van der Waals surface area contributed by atoms with Crippen molar-refractivity contribution in [3.63, 3.8) is 0 Å². The van der Waals surface area contributed by atoms with E-state index in [1.165, 1.54) is 23.4 Å². The fourth-order valence-corrected chi connectivity index (χ4v) is 3.90. The lowest BCUT2D eigenvalue weighted by molar-refractivity contribution is 0.187. The average molecular weight is 238 g/mol. The molecule has 0 aliphatic carbocycles. The number of likely N-dealkylation sites (tertiary alicyclic amines) is 1. The van der Waals surface area contributed by atoms with Gasteiger partial charge in [0.05, 0.1) is 0 Å². The van der Waals surface area contributed by atoms with E-state index in [1.54, 1.807) is 0 Å². The topological polar surface area (TPSA) is 29.3 Å². The van der Waals surface area contributed by atoms with Crippen molar-refractivity contribution in [1.29, 1.82) is 0 Å². The molecular weight excluding hydrogens is 216 g/mol. The highest BCUT2D eigenvalue weighted by Gasteiger charge is 2.36. The second kappa shape index (κ2) is 4.86. The zero-order valence-electron chi connectivity index (χ0n) is 10.4. The summed E-state index contributed by atoms with van der Waals surface area (Å²) in [4.78, 5) is 4.14. The van der Waals surface area contributed by atoms with Crippen LogP contribution in [-0.2, 0) is 0 Å². The minimum Gasteiger partial charge on any atom is -0.330 e. The lowest BCUT2D eigenvalue weighted by Gasteiger charge is -2.30. The van der Waals surface area contributed by atoms with E-state index in [1.807, 2.05) is 11.3 Å². The predicted molar refractivity (Wildman–Crippen MR) is 70.8 cm³/mol. The van der Waals surface area contributed by atoms with Crippen LogP contribution in [0.1, 0.15) is 36.8 Å². The Labute approximate surface area is 102 Å². The van der Waals surface area contributed by atoms with Crippen molar-refractivity contribution < 1.29 is 0 Å². The SMILES string of the molecule is Cc1ccsc1C1C(CN)CCN1C(C)C. The minimum absolute atomic E-state index is 0.560. The molecule has 0 saturated carbocycles. The van der Waals surface area contributed by atoms with E-state index in [4.69, 9.17) is 5.73 Å². The summed E-state index contributed by atoms with van der Waals surface area (Å²) in [5.41, 5.74) is 7.35. The van der Waals surface area contributed by atoms with Gasteiger partial charge in [0, 0.05) is 17.0 Å². The van der Waals surface area contributed by atoms with E-state index in [-0.39, 0.29) is 0 Å². The summed E-state index contributed by atoms with van der Waals surface area (Å²) in [6.45, 7) is 8.80. The van der Waals surface area contributed by atoms with E-state index in [9.17, 15) is 0 Å². The molecule has 1 aromatic rings. The maximum atomic E-state index is 5.92. The van der Waals surface area contributed by atoms with Gasteiger partial charge in [0.15, 0.2) is 0 Å². The number of thiophene rings is 1. The second-order valence-corrected chi connectivity index (χ2v) is 5.98. The van der Waals surface area contributed by atoms with Gasteiger partial charge in [-0.3, -0.25) is 4.90 Å². The zero-order valence-corrected chi connectivity index (χ0v) is 11.3. The minimum atomic E-state index is 0.560. The third-order valence-corrected chi connectivity index (χ3v) is 4.79. The zero-order chi connectivity index (χ0) is 11.7. The van der Waals surface area contributed by atoms with Crippen molar-refractivity contribution in [2.24, 2.45) is 11.7 Å². The van der Waals surface area contributed by atoms with Crippen LogP contribution in [0.3, 0.4) is 0 Å². The molecule has 3 heteroatoms. The lowest BCUT2D eigenvalue weighted by Crippen LogP contribution is -2.33. The van der Waals surface area contributed by atoms with Crippen molar-refractivity contribution in [2.45, 2.75) is 39.3 Å². The summed E-state index contributed by atoms with van der Waals surface area (Å²) < 4.78 is 0. The van der Waals surface area contributed by atoms with Crippen LogP contribution in [0.15, 0.2) is 11.4 Å². The normalized spacial score (nSPS) is 26.8. The number of nitrogens with zero attached hydrogens (tertiary/aromatic N) is 1. The molecule has 2 rings (SSSR count). The number of rotatable bonds is 3. The highest BCUT2D eigenvalue weighted by molar-refractivity contribution is 7.10. The Bertz CT molecular complexity index is 345. The molecule has 0 aromatic carbocycles. The van der Waals surface area contributed by atoms with Gasteiger partial charge in [-0.25, -0.2) is 0 Å². The van der Waals surface area contributed by atoms with Crippen LogP contribution < -0.4 is 5.73 Å². The molecule has 90 valence electrons. The fourth-order valence-electron chi connectivity index (χ4n) is 2.76. The van der Waals surface area contributed by atoms with Crippen LogP contribution in [0.5, 0.6) is 0 Å². The summed E-state index contributed by atoms with van der Waals surface area (Å²) >= 11 is 1.89. The molecule has 2 nitrogen and oxygen atoms in total. The lowest BCUT2D eigenvalue weighted by atomic mass is 9.97. The number of aryl methyl sites for hydroxylation is 1. The van der Waals surface area contributed by atoms with Gasteiger partial charge in [0.2, 0.25) is 0 Å². The van der Waals surface area contributed by atoms with Gasteiger partial charge in [0.25, 0.3) is 0 Å². The first-order chi connectivity index (χ1) is 7.65. The average Bonchev–Trinajstić information content (AvgIpc) is 2.82. The number of hydrogen-bond donors (Lipinski definition) is 1. The molecule has 1 fully saturated rings. The van der Waals surface area contributed by atoms with Crippen LogP contribution in [0.4, 0.5) is 0 Å². The third kappa shape index (κ3) is 2.04. The molecule has 1 saturated heterocycles. The summed E-state index contributed by atoms with van der Waals surface area (Å²) in [7, 11) is 0. The standard InChI is InChI=1S/C13H22N2S/c1-9(2)15-6-4-11(8-14)12(15)13-10(3)5-7-16-13/h5,7,9,11-12H,4,6,8,14H2,1-3H3. The highest BCUT2D eigenvalue weighted by Crippen LogP contribution is 2.41. The van der Waals surface area contributed by atoms with Crippen molar-refractivity contribution in [2.75, 3.05) is 13.1 Å². The van der Waals surface area contributed by atoms with Crippen molar-refractivity contribution in [3.05, 3.63) is 21.9 Å². The van der Waals surface area contributed by atoms with Gasteiger partial charge in [-0.2, -0.15) is 0 Å². The number of nitrogens with two attached hydrogens (primary N) is 1. The second-order valence-electron chi connectivity index (χ2n) is 5.03. The van der Waals surface area contributed by atoms with Gasteiger partial charge < -0.3 is 5.73 Å². The van der Waals surface area contributed by atoms with Crippen molar-refractivity contribution >= 4 is 11.3 Å². The van der Waals surface area contributed by atoms with Crippen LogP contribution in [0, 0.1) is 12.8 Å². The molecule has 1 aliphatic heterocycles. The largest absolute Gasteiger partial charge is 0.330 e. The Hall–Kier alpha value is -0.380. The Balaban J connectivity index is 2.30. The molecule has 1 aromatic heterocycles. The molecule has 2 atom stereocenters. The summed E-state index contributed by atoms with van der Waals surface area (Å²) in [5, 5.41) is 2.20. The molecule has 0 radical (unpaired) electrons. The van der Waals surface area contributed by atoms with Gasteiger partial charge >= 0.3 is 0 Å². The molecular formula is C13H22N2S. The van der Waals surface area contributed by atoms with Crippen molar-refractivity contribution in [3.8, 4) is 0 Å². The molecule has 2 N–H and O–H groups in total. The summed E-state index contributed by atoms with van der Waals surface area (Å²) in [6.07, 6.45) is 1.25. The van der Waals surface area contributed by atoms with Crippen molar-refractivity contribution in [1.82, 2.24) is 4.90 Å². The summed E-state index contributed by atoms with van der Waals surface area (Å²) in [5.74, 6) is 0.639. The first-order valence-electron chi connectivity index (χ1n) is 6.15. The summed E-state index contributed by atoms with van der Waals surface area (Å²) in [6, 6.07) is 3.40. The van der Waals surface area contributed by atoms with Crippen LogP contribution in [0.25, 0.3) is 0 Å². The highest BCUT2D eigenvalue weighted by atomic mass is 32.1. The maximum absolute atomic E-state index is 5.92. The van der Waals surface area contributed by atoms with E-state index in [0.29, 0.717) is 18.0 Å². The molecule has 1 aliphatic rings. The van der Waals surface area contributed by atoms with E-state index in [2.05, 4.69) is 37.1 Å². The van der Waals surface area contributed by atoms with E-state index in [0.717, 1.165) is 6.54 Å². The van der Waals surface area contributed by atoms with Crippen LogP contribution in [0.2, 0.25) is 0 Å². The number of hydrogen-bond acceptors (Lipinski definition) is 3. The van der Waals surface area contributed by atoms with Crippen LogP contribution in [-0.4, -0.2) is 24.0 Å². The quantitative estimate of drug-likeness (QED) is 0.877. The van der Waals surface area contributed by atoms with E-state index < -0.39 is 0 Å². The Morgan fingerprint density at radius 1 is 1.56 bits per heavy atom. The molecule has 2 heterocycles. The molecule has 0 amide bonds. The maximum Gasteiger partial charge on any atom is 0.0487 e. The Morgan fingerprint density at radius 2 is 2.31 bits per heavy atom. The monoisotopic (exact) mass is 238 g/mol. The third-order valence-electron chi connectivity index (χ3n) is 3.70. The molecule has 0 bridgehead atoms. The van der Waals surface area contributed by atoms with Gasteiger partial charge in [-0.1, -0.05) is 0 Å². The van der Waals surface area contributed by atoms with Crippen LogP contribution >= 0.6 is 11.3 Å². The van der Waals surface area contributed by atoms with Gasteiger partial charge in [-0.15, -0.1) is 11.3 Å². The van der Waals surface area contributed by atoms with Gasteiger partial charge in [-0.05, 0) is 63.2 Å². The molecule has 0 spiro atoms. The fraction of sp³-hybridized carbons (Fsp3) is 0.692. The Morgan fingerprint density at radius 3 is 2.81 bits per heavy atom. The smallest absolute Gasteiger partial charge is 0.0487 e. The molecule has 2 unspecified atom stereocenters. The van der Waals surface area contributed by atoms with Gasteiger partial charge in [0.1, 0.15) is 0 Å². The Kier molecular flexibility index (Phi) is 3.67. The first-order valence-corrected chi connectivity index (χ1v) is 7.03. The molecule has 16 heavy (non-hydrogen) atoms. The predicted octanol–water partition coefficient (Wildman–Crippen LogP) is 2.79.